The quantitative estimate of drug-likeness (QED) is 0.869. The van der Waals surface area contributed by atoms with E-state index in [-0.39, 0.29) is 0 Å². The highest BCUT2D eigenvalue weighted by atomic mass is 16.5. The van der Waals surface area contributed by atoms with E-state index in [2.05, 4.69) is 41.3 Å². The summed E-state index contributed by atoms with van der Waals surface area (Å²) in [6, 6.07) is 12.6. The van der Waals surface area contributed by atoms with Gasteiger partial charge >= 0.3 is 0 Å². The average molecular weight is 309 g/mol. The largest absolute Gasteiger partial charge is 0.507 e. The lowest BCUT2D eigenvalue weighted by Crippen LogP contribution is -2.36. The lowest BCUT2D eigenvalue weighted by molar-refractivity contribution is 0.122. The van der Waals surface area contributed by atoms with Crippen LogP contribution < -0.4 is 4.90 Å². The molecule has 1 heterocycles. The minimum absolute atomic E-state index is 0.386. The summed E-state index contributed by atoms with van der Waals surface area (Å²) < 4.78 is 5.39. The number of aryl methyl sites for hydroxylation is 2. The van der Waals surface area contributed by atoms with E-state index < -0.39 is 0 Å². The first-order valence-electron chi connectivity index (χ1n) is 8.04. The van der Waals surface area contributed by atoms with Crippen LogP contribution in [0.25, 0.3) is 12.2 Å². The molecule has 0 amide bonds. The molecule has 2 aromatic carbocycles. The Kier molecular flexibility index (Phi) is 4.68. The number of benzene rings is 2. The van der Waals surface area contributed by atoms with Crippen molar-refractivity contribution in [2.24, 2.45) is 0 Å². The van der Waals surface area contributed by atoms with Crippen LogP contribution in [-0.2, 0) is 4.74 Å². The minimum Gasteiger partial charge on any atom is -0.507 e. The summed E-state index contributed by atoms with van der Waals surface area (Å²) in [6.45, 7) is 7.39. The molecule has 3 rings (SSSR count). The maximum atomic E-state index is 9.83. The predicted molar refractivity (Wildman–Crippen MR) is 96.0 cm³/mol. The van der Waals surface area contributed by atoms with E-state index in [1.165, 1.54) is 11.3 Å². The highest BCUT2D eigenvalue weighted by Crippen LogP contribution is 2.24. The molecule has 0 radical (unpaired) electrons. The normalized spacial score (nSPS) is 15.3. The first kappa shape index (κ1) is 15.6. The molecule has 3 nitrogen and oxygen atoms in total. The van der Waals surface area contributed by atoms with E-state index >= 15 is 0 Å². The average Bonchev–Trinajstić information content (AvgIpc) is 2.59. The molecule has 0 unspecified atom stereocenters. The van der Waals surface area contributed by atoms with Gasteiger partial charge in [-0.15, -0.1) is 0 Å². The third-order valence-corrected chi connectivity index (χ3v) is 4.25. The molecule has 0 saturated carbocycles. The Morgan fingerprint density at radius 1 is 0.913 bits per heavy atom. The van der Waals surface area contributed by atoms with Gasteiger partial charge in [-0.2, -0.15) is 0 Å². The summed E-state index contributed by atoms with van der Waals surface area (Å²) >= 11 is 0. The molecule has 0 aromatic heterocycles. The number of ether oxygens (including phenoxy) is 1. The smallest absolute Gasteiger partial charge is 0.121 e. The van der Waals surface area contributed by atoms with Crippen LogP contribution in [0, 0.1) is 13.8 Å². The Hall–Kier alpha value is -2.26. The number of phenolic OH excluding ortho intramolecular Hbond substituents is 1. The van der Waals surface area contributed by atoms with E-state index in [9.17, 15) is 5.11 Å². The van der Waals surface area contributed by atoms with Gasteiger partial charge in [0, 0.05) is 18.8 Å². The summed E-state index contributed by atoms with van der Waals surface area (Å²) in [5, 5.41) is 9.83. The van der Waals surface area contributed by atoms with Crippen LogP contribution in [0.4, 0.5) is 5.69 Å². The molecule has 0 bridgehead atoms. The van der Waals surface area contributed by atoms with Crippen LogP contribution in [-0.4, -0.2) is 31.4 Å². The Morgan fingerprint density at radius 3 is 2.09 bits per heavy atom. The van der Waals surface area contributed by atoms with E-state index in [0.717, 1.165) is 43.0 Å². The topological polar surface area (TPSA) is 32.7 Å². The molecule has 1 N–H and O–H groups in total. The van der Waals surface area contributed by atoms with Gasteiger partial charge in [0.15, 0.2) is 0 Å². The summed E-state index contributed by atoms with van der Waals surface area (Å²) in [7, 11) is 0. The number of aromatic hydroxyl groups is 1. The second kappa shape index (κ2) is 6.88. The van der Waals surface area contributed by atoms with Crippen LogP contribution in [0.2, 0.25) is 0 Å². The van der Waals surface area contributed by atoms with Gasteiger partial charge in [-0.1, -0.05) is 24.3 Å². The summed E-state index contributed by atoms with van der Waals surface area (Å²) in [5.74, 6) is 0.386. The molecule has 0 spiro atoms. The fourth-order valence-electron chi connectivity index (χ4n) is 2.90. The van der Waals surface area contributed by atoms with Crippen LogP contribution in [0.3, 0.4) is 0 Å². The van der Waals surface area contributed by atoms with Crippen molar-refractivity contribution in [1.82, 2.24) is 0 Å². The molecular formula is C20H23NO2. The number of anilines is 1. The fourth-order valence-corrected chi connectivity index (χ4v) is 2.90. The van der Waals surface area contributed by atoms with Crippen molar-refractivity contribution in [3.63, 3.8) is 0 Å². The van der Waals surface area contributed by atoms with Crippen LogP contribution in [0.15, 0.2) is 36.4 Å². The maximum Gasteiger partial charge on any atom is 0.121 e. The zero-order valence-corrected chi connectivity index (χ0v) is 13.7. The fraction of sp³-hybridized carbons (Fsp3) is 0.300. The lowest BCUT2D eigenvalue weighted by atomic mass is 10.0. The van der Waals surface area contributed by atoms with E-state index in [0.29, 0.717) is 5.75 Å². The molecule has 0 aliphatic carbocycles. The Bertz CT molecular complexity index is 675. The molecule has 1 fully saturated rings. The van der Waals surface area contributed by atoms with Crippen molar-refractivity contribution in [1.29, 1.82) is 0 Å². The molecule has 2 aromatic rings. The minimum atomic E-state index is 0.386. The zero-order valence-electron chi connectivity index (χ0n) is 13.7. The van der Waals surface area contributed by atoms with Gasteiger partial charge in [-0.05, 0) is 60.4 Å². The molecule has 1 saturated heterocycles. The maximum absolute atomic E-state index is 9.83. The van der Waals surface area contributed by atoms with Gasteiger partial charge in [-0.25, -0.2) is 0 Å². The first-order valence-corrected chi connectivity index (χ1v) is 8.04. The van der Waals surface area contributed by atoms with Crippen molar-refractivity contribution in [2.45, 2.75) is 13.8 Å². The van der Waals surface area contributed by atoms with Crippen molar-refractivity contribution in [3.8, 4) is 5.75 Å². The first-order chi connectivity index (χ1) is 11.1. The third-order valence-electron chi connectivity index (χ3n) is 4.25. The number of morpholine rings is 1. The molecule has 3 heteroatoms. The van der Waals surface area contributed by atoms with Gasteiger partial charge in [0.05, 0.1) is 13.2 Å². The van der Waals surface area contributed by atoms with Crippen LogP contribution in [0.5, 0.6) is 5.75 Å². The molecule has 120 valence electrons. The number of nitrogens with zero attached hydrogens (tertiary/aromatic N) is 1. The van der Waals surface area contributed by atoms with Crippen LogP contribution >= 0.6 is 0 Å². The predicted octanol–water partition coefficient (Wildman–Crippen LogP) is 4.02. The highest BCUT2D eigenvalue weighted by Gasteiger charge is 2.10. The molecule has 23 heavy (non-hydrogen) atoms. The molecule has 1 aliphatic rings. The SMILES string of the molecule is Cc1cc(/C=C\c2ccc(N3CCOCC3)cc2)cc(C)c1O. The third kappa shape index (κ3) is 3.74. The summed E-state index contributed by atoms with van der Waals surface area (Å²) in [4.78, 5) is 2.35. The number of phenols is 1. The van der Waals surface area contributed by atoms with Gasteiger partial charge in [0.25, 0.3) is 0 Å². The van der Waals surface area contributed by atoms with E-state index in [1.54, 1.807) is 0 Å². The van der Waals surface area contributed by atoms with E-state index in [1.807, 2.05) is 26.0 Å². The standard InChI is InChI=1S/C20H23NO2/c1-15-13-18(14-16(2)20(15)22)4-3-17-5-7-19(8-6-17)21-9-11-23-12-10-21/h3-8,13-14,22H,9-12H2,1-2H3/b4-3-. The van der Waals surface area contributed by atoms with Crippen LogP contribution in [0.1, 0.15) is 22.3 Å². The zero-order chi connectivity index (χ0) is 16.2. The Labute approximate surface area is 137 Å². The van der Waals surface area contributed by atoms with Crippen molar-refractivity contribution in [2.75, 3.05) is 31.2 Å². The van der Waals surface area contributed by atoms with Crippen molar-refractivity contribution >= 4 is 17.8 Å². The molecule has 1 aliphatic heterocycles. The Morgan fingerprint density at radius 2 is 1.48 bits per heavy atom. The van der Waals surface area contributed by atoms with Crippen molar-refractivity contribution < 1.29 is 9.84 Å². The second-order valence-corrected chi connectivity index (χ2v) is 6.03. The number of hydrogen-bond acceptors (Lipinski definition) is 3. The summed E-state index contributed by atoms with van der Waals surface area (Å²) in [5.41, 5.74) is 5.35. The number of rotatable bonds is 3. The molecular weight excluding hydrogens is 286 g/mol. The van der Waals surface area contributed by atoms with Gasteiger partial charge in [0.2, 0.25) is 0 Å². The number of hydrogen-bond donors (Lipinski definition) is 1. The summed E-state index contributed by atoms with van der Waals surface area (Å²) in [6.07, 6.45) is 4.19. The second-order valence-electron chi connectivity index (χ2n) is 6.03. The monoisotopic (exact) mass is 309 g/mol. The van der Waals surface area contributed by atoms with Crippen molar-refractivity contribution in [3.05, 3.63) is 58.7 Å². The van der Waals surface area contributed by atoms with Gasteiger partial charge in [-0.3, -0.25) is 0 Å². The Balaban J connectivity index is 1.72. The molecule has 0 atom stereocenters. The van der Waals surface area contributed by atoms with E-state index in [4.69, 9.17) is 4.74 Å². The van der Waals surface area contributed by atoms with Gasteiger partial charge in [0.1, 0.15) is 5.75 Å². The van der Waals surface area contributed by atoms with Gasteiger partial charge < -0.3 is 14.7 Å². The lowest BCUT2D eigenvalue weighted by Gasteiger charge is -2.28. The highest BCUT2D eigenvalue weighted by molar-refractivity contribution is 5.71.